The molecule has 1 N–H and O–H groups in total. The third-order valence-electron chi connectivity index (χ3n) is 2.62. The van der Waals surface area contributed by atoms with Gasteiger partial charge in [0.2, 0.25) is 0 Å². The van der Waals surface area contributed by atoms with E-state index in [0.29, 0.717) is 13.2 Å². The Kier molecular flexibility index (Phi) is 10.8. The third kappa shape index (κ3) is 8.76. The molecule has 0 aromatic rings. The highest BCUT2D eigenvalue weighted by Crippen LogP contribution is 2.08. The van der Waals surface area contributed by atoms with E-state index >= 15 is 0 Å². The second-order valence-corrected chi connectivity index (χ2v) is 4.09. The molecule has 98 valence electrons. The first-order valence-corrected chi connectivity index (χ1v) is 6.59. The second-order valence-electron chi connectivity index (χ2n) is 4.09. The van der Waals surface area contributed by atoms with Crippen molar-refractivity contribution in [2.24, 2.45) is 0 Å². The Hall–Kier alpha value is -1.01. The molecule has 1 atom stereocenters. The Labute approximate surface area is 105 Å². The molecule has 0 aliphatic heterocycles. The highest BCUT2D eigenvalue weighted by molar-refractivity contribution is 5.75. The molecule has 3 heteroatoms. The lowest BCUT2D eigenvalue weighted by Crippen LogP contribution is -2.38. The van der Waals surface area contributed by atoms with Gasteiger partial charge in [0.15, 0.2) is 0 Å². The molecule has 0 rings (SSSR count). The monoisotopic (exact) mass is 239 g/mol. The standard InChI is InChI=1S/C14H25NO2/c1-4-7-8-9-10-11-13(15-12-5-2)14(16)17-6-3/h2,13,15H,4,6-12H2,1,3H3. The number of nitrogens with one attached hydrogen (secondary N) is 1. The van der Waals surface area contributed by atoms with Crippen LogP contribution in [0, 0.1) is 12.3 Å². The Balaban J connectivity index is 3.85. The molecule has 0 fully saturated rings. The van der Waals surface area contributed by atoms with E-state index in [2.05, 4.69) is 18.2 Å². The van der Waals surface area contributed by atoms with Gasteiger partial charge in [-0.05, 0) is 13.3 Å². The summed E-state index contributed by atoms with van der Waals surface area (Å²) >= 11 is 0. The molecule has 0 spiro atoms. The van der Waals surface area contributed by atoms with Gasteiger partial charge in [0.25, 0.3) is 0 Å². The molecule has 0 aliphatic carbocycles. The lowest BCUT2D eigenvalue weighted by molar-refractivity contribution is -0.145. The molecule has 0 aromatic heterocycles. The van der Waals surface area contributed by atoms with E-state index in [0.717, 1.165) is 12.8 Å². The summed E-state index contributed by atoms with van der Waals surface area (Å²) in [5.74, 6) is 2.30. The van der Waals surface area contributed by atoms with Crippen LogP contribution < -0.4 is 5.32 Å². The van der Waals surface area contributed by atoms with Gasteiger partial charge in [-0.3, -0.25) is 10.1 Å². The molecule has 1 unspecified atom stereocenters. The number of unbranched alkanes of at least 4 members (excludes halogenated alkanes) is 4. The minimum absolute atomic E-state index is 0.182. The summed E-state index contributed by atoms with van der Waals surface area (Å²) in [6.45, 7) is 4.84. The Morgan fingerprint density at radius 3 is 2.59 bits per heavy atom. The predicted octanol–water partition coefficient (Wildman–Crippen LogP) is 2.50. The molecule has 3 nitrogen and oxygen atoms in total. The van der Waals surface area contributed by atoms with E-state index < -0.39 is 0 Å². The second kappa shape index (κ2) is 11.5. The van der Waals surface area contributed by atoms with Gasteiger partial charge in [-0.25, -0.2) is 0 Å². The van der Waals surface area contributed by atoms with Crippen LogP contribution >= 0.6 is 0 Å². The van der Waals surface area contributed by atoms with E-state index in [1.54, 1.807) is 0 Å². The SMILES string of the molecule is C#CCNC(CCCCCCC)C(=O)OCC. The van der Waals surface area contributed by atoms with E-state index in [1.807, 2.05) is 6.92 Å². The maximum atomic E-state index is 11.6. The zero-order chi connectivity index (χ0) is 12.9. The van der Waals surface area contributed by atoms with Gasteiger partial charge in [-0.1, -0.05) is 44.9 Å². The van der Waals surface area contributed by atoms with E-state index in [4.69, 9.17) is 11.2 Å². The summed E-state index contributed by atoms with van der Waals surface area (Å²) in [7, 11) is 0. The number of hydrogen-bond donors (Lipinski definition) is 1. The van der Waals surface area contributed by atoms with Crippen LogP contribution in [-0.2, 0) is 9.53 Å². The summed E-state index contributed by atoms with van der Waals surface area (Å²) in [4.78, 5) is 11.6. The number of hydrogen-bond acceptors (Lipinski definition) is 3. The molecule has 0 aliphatic rings. The molecule has 0 saturated heterocycles. The smallest absolute Gasteiger partial charge is 0.323 e. The maximum Gasteiger partial charge on any atom is 0.323 e. The summed E-state index contributed by atoms with van der Waals surface area (Å²) in [6, 6.07) is -0.243. The quantitative estimate of drug-likeness (QED) is 0.361. The van der Waals surface area contributed by atoms with Crippen molar-refractivity contribution in [3.8, 4) is 12.3 Å². The van der Waals surface area contributed by atoms with Crippen molar-refractivity contribution in [2.45, 2.75) is 58.4 Å². The maximum absolute atomic E-state index is 11.6. The number of ether oxygens (including phenoxy) is 1. The Morgan fingerprint density at radius 1 is 1.29 bits per heavy atom. The van der Waals surface area contributed by atoms with Gasteiger partial charge in [0, 0.05) is 0 Å². The minimum atomic E-state index is -0.243. The summed E-state index contributed by atoms with van der Waals surface area (Å²) in [5, 5.41) is 3.03. The molecule has 0 amide bonds. The van der Waals surface area contributed by atoms with Crippen molar-refractivity contribution in [3.05, 3.63) is 0 Å². The zero-order valence-corrected chi connectivity index (χ0v) is 11.1. The van der Waals surface area contributed by atoms with E-state index in [9.17, 15) is 4.79 Å². The summed E-state index contributed by atoms with van der Waals surface area (Å²) < 4.78 is 5.01. The zero-order valence-electron chi connectivity index (χ0n) is 11.1. The average molecular weight is 239 g/mol. The van der Waals surface area contributed by atoms with Gasteiger partial charge in [0.05, 0.1) is 13.2 Å². The van der Waals surface area contributed by atoms with Crippen LogP contribution in [0.2, 0.25) is 0 Å². The van der Waals surface area contributed by atoms with Crippen molar-refractivity contribution in [2.75, 3.05) is 13.2 Å². The van der Waals surface area contributed by atoms with Crippen LogP contribution in [-0.4, -0.2) is 25.2 Å². The van der Waals surface area contributed by atoms with Crippen LogP contribution in [0.1, 0.15) is 52.4 Å². The van der Waals surface area contributed by atoms with E-state index in [1.165, 1.54) is 25.7 Å². The van der Waals surface area contributed by atoms with Crippen LogP contribution in [0.5, 0.6) is 0 Å². The molecule has 0 aromatic carbocycles. The van der Waals surface area contributed by atoms with Gasteiger partial charge >= 0.3 is 5.97 Å². The van der Waals surface area contributed by atoms with Crippen molar-refractivity contribution in [1.82, 2.24) is 5.32 Å². The average Bonchev–Trinajstić information content (AvgIpc) is 2.33. The first kappa shape index (κ1) is 16.0. The van der Waals surface area contributed by atoms with Crippen molar-refractivity contribution in [1.29, 1.82) is 0 Å². The van der Waals surface area contributed by atoms with Crippen LogP contribution in [0.15, 0.2) is 0 Å². The number of carbonyl (C=O) groups is 1. The summed E-state index contributed by atoms with van der Waals surface area (Å²) in [5.41, 5.74) is 0. The highest BCUT2D eigenvalue weighted by atomic mass is 16.5. The van der Waals surface area contributed by atoms with Gasteiger partial charge < -0.3 is 4.74 Å². The van der Waals surface area contributed by atoms with Crippen LogP contribution in [0.25, 0.3) is 0 Å². The summed E-state index contributed by atoms with van der Waals surface area (Å²) in [6.07, 6.45) is 11.9. The highest BCUT2D eigenvalue weighted by Gasteiger charge is 2.17. The van der Waals surface area contributed by atoms with Gasteiger partial charge in [-0.15, -0.1) is 6.42 Å². The molecule has 0 radical (unpaired) electrons. The van der Waals surface area contributed by atoms with Crippen LogP contribution in [0.4, 0.5) is 0 Å². The molecule has 17 heavy (non-hydrogen) atoms. The largest absolute Gasteiger partial charge is 0.465 e. The topological polar surface area (TPSA) is 38.3 Å². The normalized spacial score (nSPS) is 11.8. The van der Waals surface area contributed by atoms with Crippen molar-refractivity contribution >= 4 is 5.97 Å². The molecular formula is C14H25NO2. The van der Waals surface area contributed by atoms with Gasteiger partial charge in [-0.2, -0.15) is 0 Å². The predicted molar refractivity (Wildman–Crippen MR) is 70.6 cm³/mol. The third-order valence-corrected chi connectivity index (χ3v) is 2.62. The van der Waals surface area contributed by atoms with Crippen molar-refractivity contribution in [3.63, 3.8) is 0 Å². The van der Waals surface area contributed by atoms with E-state index in [-0.39, 0.29) is 12.0 Å². The Morgan fingerprint density at radius 2 is 2.00 bits per heavy atom. The first-order valence-electron chi connectivity index (χ1n) is 6.59. The molecular weight excluding hydrogens is 214 g/mol. The van der Waals surface area contributed by atoms with Crippen LogP contribution in [0.3, 0.4) is 0 Å². The molecule has 0 saturated carbocycles. The fourth-order valence-electron chi connectivity index (χ4n) is 1.68. The fourth-order valence-corrected chi connectivity index (χ4v) is 1.68. The first-order chi connectivity index (χ1) is 8.26. The number of terminal acetylenes is 1. The lowest BCUT2D eigenvalue weighted by Gasteiger charge is -2.15. The number of esters is 1. The minimum Gasteiger partial charge on any atom is -0.465 e. The van der Waals surface area contributed by atoms with Crippen molar-refractivity contribution < 1.29 is 9.53 Å². The lowest BCUT2D eigenvalue weighted by atomic mass is 10.1. The molecule has 0 bridgehead atoms. The Bertz CT molecular complexity index is 233. The van der Waals surface area contributed by atoms with Gasteiger partial charge in [0.1, 0.15) is 6.04 Å². The number of carbonyl (C=O) groups excluding carboxylic acids is 1. The number of rotatable bonds is 10. The fraction of sp³-hybridized carbons (Fsp3) is 0.786. The molecule has 0 heterocycles.